The van der Waals surface area contributed by atoms with Gasteiger partial charge in [-0.3, -0.25) is 0 Å². The number of hydrogen-bond acceptors (Lipinski definition) is 4. The van der Waals surface area contributed by atoms with Crippen molar-refractivity contribution in [2.24, 2.45) is 5.73 Å². The van der Waals surface area contributed by atoms with Gasteiger partial charge in [-0.25, -0.2) is 0 Å². The van der Waals surface area contributed by atoms with Crippen LogP contribution in [0.15, 0.2) is 12.1 Å². The smallest absolute Gasteiger partial charge is 0.126 e. The van der Waals surface area contributed by atoms with Crippen molar-refractivity contribution in [2.45, 2.75) is 25.0 Å². The molecule has 0 aromatic heterocycles. The van der Waals surface area contributed by atoms with Crippen LogP contribution in [0, 0.1) is 0 Å². The molecule has 0 radical (unpaired) electrons. The molecule has 88 valence electrons. The monoisotopic (exact) mass is 223 g/mol. The second-order valence-corrected chi connectivity index (χ2v) is 4.03. The summed E-state index contributed by atoms with van der Waals surface area (Å²) < 4.78 is 10.5. The maximum absolute atomic E-state index is 9.75. The van der Waals surface area contributed by atoms with E-state index in [0.717, 1.165) is 23.3 Å². The van der Waals surface area contributed by atoms with E-state index in [1.807, 2.05) is 12.1 Å². The van der Waals surface area contributed by atoms with Gasteiger partial charge in [0.15, 0.2) is 0 Å². The van der Waals surface area contributed by atoms with Crippen LogP contribution in [0.5, 0.6) is 11.5 Å². The van der Waals surface area contributed by atoms with E-state index in [-0.39, 0.29) is 6.04 Å². The van der Waals surface area contributed by atoms with Crippen LogP contribution in [0.2, 0.25) is 0 Å². The molecule has 2 atom stereocenters. The van der Waals surface area contributed by atoms with Crippen molar-refractivity contribution in [3.8, 4) is 11.5 Å². The number of nitrogens with two attached hydrogens (primary N) is 1. The van der Waals surface area contributed by atoms with Crippen molar-refractivity contribution in [1.29, 1.82) is 0 Å². The first kappa shape index (κ1) is 11.2. The van der Waals surface area contributed by atoms with E-state index in [1.54, 1.807) is 14.2 Å². The Morgan fingerprint density at radius 3 is 2.69 bits per heavy atom. The summed E-state index contributed by atoms with van der Waals surface area (Å²) in [7, 11) is 3.23. The van der Waals surface area contributed by atoms with Gasteiger partial charge in [-0.05, 0) is 30.0 Å². The average molecular weight is 223 g/mol. The van der Waals surface area contributed by atoms with Crippen LogP contribution in [0.1, 0.15) is 23.6 Å². The molecule has 0 fully saturated rings. The van der Waals surface area contributed by atoms with Crippen molar-refractivity contribution < 1.29 is 14.6 Å². The minimum absolute atomic E-state index is 0.354. The van der Waals surface area contributed by atoms with Crippen LogP contribution < -0.4 is 15.2 Å². The first-order valence-electron chi connectivity index (χ1n) is 5.35. The summed E-state index contributed by atoms with van der Waals surface area (Å²) in [6.45, 7) is 0. The van der Waals surface area contributed by atoms with Gasteiger partial charge in [0.1, 0.15) is 11.5 Å². The number of aliphatic hydroxyl groups excluding tert-OH is 1. The molecule has 0 spiro atoms. The number of rotatable bonds is 2. The number of methoxy groups -OCH3 is 2. The largest absolute Gasteiger partial charge is 0.497 e. The number of aliphatic hydroxyl groups is 1. The van der Waals surface area contributed by atoms with E-state index in [4.69, 9.17) is 15.2 Å². The lowest BCUT2D eigenvalue weighted by Gasteiger charge is -2.29. The fraction of sp³-hybridized carbons (Fsp3) is 0.500. The summed E-state index contributed by atoms with van der Waals surface area (Å²) in [5.41, 5.74) is 7.99. The lowest BCUT2D eigenvalue weighted by atomic mass is 9.85. The van der Waals surface area contributed by atoms with Gasteiger partial charge in [-0.2, -0.15) is 0 Å². The van der Waals surface area contributed by atoms with Gasteiger partial charge in [-0.15, -0.1) is 0 Å². The topological polar surface area (TPSA) is 64.7 Å². The highest BCUT2D eigenvalue weighted by atomic mass is 16.5. The molecule has 3 N–H and O–H groups in total. The molecule has 1 aromatic carbocycles. The molecule has 2 unspecified atom stereocenters. The van der Waals surface area contributed by atoms with Crippen LogP contribution in [0.4, 0.5) is 0 Å². The summed E-state index contributed by atoms with van der Waals surface area (Å²) in [4.78, 5) is 0. The first-order valence-corrected chi connectivity index (χ1v) is 5.35. The van der Waals surface area contributed by atoms with Crippen molar-refractivity contribution in [3.63, 3.8) is 0 Å². The number of ether oxygens (including phenoxy) is 2. The lowest BCUT2D eigenvalue weighted by molar-refractivity contribution is 0.127. The molecule has 1 aliphatic rings. The minimum atomic E-state index is -0.482. The van der Waals surface area contributed by atoms with Crippen molar-refractivity contribution in [2.75, 3.05) is 14.2 Å². The predicted octanol–water partition coefficient (Wildman–Crippen LogP) is 1.01. The highest BCUT2D eigenvalue weighted by Gasteiger charge is 2.27. The maximum atomic E-state index is 9.75. The molecule has 1 aromatic rings. The third-order valence-electron chi connectivity index (χ3n) is 3.14. The quantitative estimate of drug-likeness (QED) is 0.785. The zero-order valence-corrected chi connectivity index (χ0v) is 9.56. The van der Waals surface area contributed by atoms with Gasteiger partial charge in [0.05, 0.1) is 26.4 Å². The van der Waals surface area contributed by atoms with Crippen molar-refractivity contribution in [1.82, 2.24) is 0 Å². The van der Waals surface area contributed by atoms with Crippen molar-refractivity contribution >= 4 is 0 Å². The highest BCUT2D eigenvalue weighted by molar-refractivity contribution is 5.49. The highest BCUT2D eigenvalue weighted by Crippen LogP contribution is 2.37. The third kappa shape index (κ3) is 1.74. The molecule has 4 nitrogen and oxygen atoms in total. The molecular formula is C12H17NO3. The fourth-order valence-corrected chi connectivity index (χ4v) is 2.18. The Balaban J connectivity index is 2.52. The van der Waals surface area contributed by atoms with E-state index in [2.05, 4.69) is 0 Å². The van der Waals surface area contributed by atoms with Gasteiger partial charge < -0.3 is 20.3 Å². The van der Waals surface area contributed by atoms with E-state index < -0.39 is 6.10 Å². The summed E-state index contributed by atoms with van der Waals surface area (Å²) in [6.07, 6.45) is 0.984. The molecule has 0 heterocycles. The second-order valence-electron chi connectivity index (χ2n) is 4.03. The fourth-order valence-electron chi connectivity index (χ4n) is 2.18. The Morgan fingerprint density at radius 1 is 1.31 bits per heavy atom. The zero-order chi connectivity index (χ0) is 11.7. The van der Waals surface area contributed by atoms with Crippen molar-refractivity contribution in [3.05, 3.63) is 23.3 Å². The molecule has 0 saturated heterocycles. The van der Waals surface area contributed by atoms with Crippen LogP contribution in [-0.4, -0.2) is 25.4 Å². The van der Waals surface area contributed by atoms with Gasteiger partial charge in [-0.1, -0.05) is 0 Å². The van der Waals surface area contributed by atoms with E-state index in [9.17, 15) is 5.11 Å². The first-order chi connectivity index (χ1) is 7.67. The van der Waals surface area contributed by atoms with Gasteiger partial charge in [0.25, 0.3) is 0 Å². The number of hydrogen-bond donors (Lipinski definition) is 2. The summed E-state index contributed by atoms with van der Waals surface area (Å²) >= 11 is 0. The minimum Gasteiger partial charge on any atom is -0.497 e. The van der Waals surface area contributed by atoms with Crippen LogP contribution >= 0.6 is 0 Å². The van der Waals surface area contributed by atoms with Gasteiger partial charge in [0.2, 0.25) is 0 Å². The second kappa shape index (κ2) is 4.31. The standard InChI is InChI=1S/C12H17NO3/c1-15-7-5-9-8(11(6-7)16-2)3-4-10(14)12(9)13/h5-6,10,12,14H,3-4,13H2,1-2H3. The predicted molar refractivity (Wildman–Crippen MR) is 60.8 cm³/mol. The van der Waals surface area contributed by atoms with Gasteiger partial charge in [0, 0.05) is 6.07 Å². The average Bonchev–Trinajstić information content (AvgIpc) is 2.32. The third-order valence-corrected chi connectivity index (χ3v) is 3.14. The molecule has 0 amide bonds. The van der Waals surface area contributed by atoms with E-state index in [1.165, 1.54) is 0 Å². The van der Waals surface area contributed by atoms with Gasteiger partial charge >= 0.3 is 0 Å². The Hall–Kier alpha value is -1.26. The zero-order valence-electron chi connectivity index (χ0n) is 9.56. The molecular weight excluding hydrogens is 206 g/mol. The SMILES string of the molecule is COc1cc(OC)c2c(c1)C(N)C(O)CC2. The maximum Gasteiger partial charge on any atom is 0.126 e. The molecule has 0 saturated carbocycles. The lowest BCUT2D eigenvalue weighted by Crippen LogP contribution is -2.31. The Bertz CT molecular complexity index is 392. The summed E-state index contributed by atoms with van der Waals surface area (Å²) in [6, 6.07) is 3.38. The molecule has 1 aliphatic carbocycles. The molecule has 0 aliphatic heterocycles. The molecule has 16 heavy (non-hydrogen) atoms. The molecule has 2 rings (SSSR count). The summed E-state index contributed by atoms with van der Waals surface area (Å²) in [5.74, 6) is 1.50. The Kier molecular flexibility index (Phi) is 3.03. The number of fused-ring (bicyclic) bond motifs is 1. The Labute approximate surface area is 95.0 Å². The van der Waals surface area contributed by atoms with Crippen LogP contribution in [0.3, 0.4) is 0 Å². The summed E-state index contributed by atoms with van der Waals surface area (Å²) in [5, 5.41) is 9.75. The van der Waals surface area contributed by atoms with E-state index >= 15 is 0 Å². The Morgan fingerprint density at radius 2 is 2.06 bits per heavy atom. The van der Waals surface area contributed by atoms with E-state index in [0.29, 0.717) is 12.2 Å². The molecule has 4 heteroatoms. The number of benzene rings is 1. The molecule has 0 bridgehead atoms. The van der Waals surface area contributed by atoms with Crippen LogP contribution in [0.25, 0.3) is 0 Å². The normalized spacial score (nSPS) is 23.8. The van der Waals surface area contributed by atoms with Crippen LogP contribution in [-0.2, 0) is 6.42 Å².